The summed E-state index contributed by atoms with van der Waals surface area (Å²) in [5.41, 5.74) is -1.37. The number of alkyl halides is 8. The molecule has 12 aliphatic rings. The molecule has 726 valence electrons. The van der Waals surface area contributed by atoms with Crippen molar-refractivity contribution >= 4 is 88.2 Å². The minimum Gasteiger partial charge on any atom is -0.487 e. The number of nitrogens with zero attached hydrogens (tertiary/aromatic N) is 15. The van der Waals surface area contributed by atoms with Crippen molar-refractivity contribution in [2.75, 3.05) is 73.1 Å². The van der Waals surface area contributed by atoms with Crippen LogP contribution >= 0.6 is 34.8 Å². The Morgan fingerprint density at radius 3 is 1.02 bits per heavy atom. The molecule has 0 radical (unpaired) electrons. The average molecular weight is 1940 g/mol. The molecule has 12 atom stereocenters. The summed E-state index contributed by atoms with van der Waals surface area (Å²) in [6.07, 6.45) is -2.96. The van der Waals surface area contributed by atoms with Crippen molar-refractivity contribution in [1.82, 2.24) is 74.4 Å². The number of rotatable bonds is 24. The van der Waals surface area contributed by atoms with Gasteiger partial charge in [0.1, 0.15) is 83.6 Å². The molecule has 3 aromatic heterocycles. The highest BCUT2D eigenvalue weighted by atomic mass is 35.5. The second-order valence-electron chi connectivity index (χ2n) is 39.3. The molecule has 6 aliphatic heterocycles. The Bertz CT molecular complexity index is 5360. The normalized spacial score (nSPS) is 27.3. The van der Waals surface area contributed by atoms with Gasteiger partial charge in [0.2, 0.25) is 35.4 Å². The third-order valence-corrected chi connectivity index (χ3v) is 31.9. The number of benzene rings is 3. The first-order valence-electron chi connectivity index (χ1n) is 45.5. The highest BCUT2D eigenvalue weighted by molar-refractivity contribution is 6.32. The molecule has 3 aromatic carbocycles. The van der Waals surface area contributed by atoms with Crippen LogP contribution in [0, 0.1) is 50.2 Å². The van der Waals surface area contributed by atoms with E-state index >= 15 is 0 Å². The molecule has 9 heterocycles. The van der Waals surface area contributed by atoms with Crippen LogP contribution in [-0.4, -0.2) is 230 Å². The van der Waals surface area contributed by atoms with Crippen molar-refractivity contribution in [2.24, 2.45) is 71.4 Å². The monoisotopic (exact) mass is 1940 g/mol. The van der Waals surface area contributed by atoms with Crippen LogP contribution in [0.4, 0.5) is 35.1 Å². The number of fused-ring (bicyclic) bond motifs is 3. The average Bonchev–Trinajstić information content (AvgIpc) is 1.35. The molecule has 134 heavy (non-hydrogen) atoms. The SMILES string of the molecule is COC(=O)[C@@]1(C)CC[C@@H](O)C[C@H]1C(=O)N1CCc2c(Cl)ccc(OCc3nnn(C)c3C(F)F)c2[C@H]1CN1CC2(CC2)CC1=O.COC(=O)[C@@]1(C)CC[C@H](F)C[C@H]1C(=O)N1CCc2c(Cl)ccc(OCc3nnn(C)c3C(F)F)c2[C@H]1CN1CC2(CC2)CC1=O.Cn1nnc(COc2ccc(Cl)c3c2[C@@H](CN2CC4(CC4)CC2=O)N(C(=O)[C@@H]2C[C@@H](F)CC[C@]2(C)C(=O)O)CC3)c1C(F)F. The Labute approximate surface area is 782 Å². The summed E-state index contributed by atoms with van der Waals surface area (Å²) in [6.45, 7) is 6.64. The van der Waals surface area contributed by atoms with Crippen molar-refractivity contribution < 1.29 is 112 Å². The van der Waals surface area contributed by atoms with E-state index in [2.05, 4.69) is 30.9 Å². The number of likely N-dealkylation sites (tertiary alicyclic amines) is 3. The number of ether oxygens (including phenoxy) is 5. The number of aliphatic carboxylic acids is 1. The van der Waals surface area contributed by atoms with E-state index in [0.717, 1.165) is 58.1 Å². The number of methoxy groups -OCH3 is 2. The molecule has 18 rings (SSSR count). The molecule has 6 aliphatic carbocycles. The second-order valence-corrected chi connectivity index (χ2v) is 40.6. The summed E-state index contributed by atoms with van der Waals surface area (Å²) < 4.78 is 144. The number of carboxylic acids is 1. The number of halogens is 11. The van der Waals surface area contributed by atoms with Crippen LogP contribution in [0.2, 0.25) is 15.1 Å². The topological polar surface area (TPSA) is 352 Å². The zero-order chi connectivity index (χ0) is 96.1. The number of carbonyl (C=O) groups excluding carboxylic acids is 8. The molecule has 0 bridgehead atoms. The van der Waals surface area contributed by atoms with E-state index in [9.17, 15) is 88.5 Å². The van der Waals surface area contributed by atoms with E-state index in [1.807, 2.05) is 0 Å². The fourth-order valence-corrected chi connectivity index (χ4v) is 23.0. The van der Waals surface area contributed by atoms with Gasteiger partial charge in [-0.3, -0.25) is 43.2 Å². The summed E-state index contributed by atoms with van der Waals surface area (Å²) in [5, 5.41) is 44.7. The van der Waals surface area contributed by atoms with Gasteiger partial charge in [-0.15, -0.1) is 15.3 Å². The van der Waals surface area contributed by atoms with E-state index in [0.29, 0.717) is 119 Å². The lowest BCUT2D eigenvalue weighted by molar-refractivity contribution is -0.168. The lowest BCUT2D eigenvalue weighted by atomic mass is 9.65. The fraction of sp³-hybridized carbons (Fsp3) is 0.641. The number of hydrogen-bond acceptors (Lipinski definition) is 21. The first-order chi connectivity index (χ1) is 63.6. The van der Waals surface area contributed by atoms with Gasteiger partial charge in [0.15, 0.2) is 0 Å². The highest BCUT2D eigenvalue weighted by Crippen LogP contribution is 2.59. The van der Waals surface area contributed by atoms with Gasteiger partial charge < -0.3 is 63.3 Å². The van der Waals surface area contributed by atoms with Crippen molar-refractivity contribution in [3.8, 4) is 17.2 Å². The van der Waals surface area contributed by atoms with Crippen molar-refractivity contribution in [3.63, 3.8) is 0 Å². The summed E-state index contributed by atoms with van der Waals surface area (Å²) in [4.78, 5) is 132. The Morgan fingerprint density at radius 2 is 0.739 bits per heavy atom. The van der Waals surface area contributed by atoms with Gasteiger partial charge in [-0.1, -0.05) is 50.4 Å². The maximum absolute atomic E-state index is 14.9. The third kappa shape index (κ3) is 18.7. The highest BCUT2D eigenvalue weighted by Gasteiger charge is 2.60. The summed E-state index contributed by atoms with van der Waals surface area (Å²) >= 11 is 20.1. The predicted octanol–water partition coefficient (Wildman–Crippen LogP) is 13.2. The number of aryl methyl sites for hydroxylation is 3. The van der Waals surface area contributed by atoms with Crippen molar-refractivity contribution in [3.05, 3.63) is 119 Å². The van der Waals surface area contributed by atoms with Crippen LogP contribution in [0.15, 0.2) is 36.4 Å². The summed E-state index contributed by atoms with van der Waals surface area (Å²) in [5.74, 6) is -5.59. The number of carboxylic acid groups (broad SMARTS) is 1. The van der Waals surface area contributed by atoms with Crippen molar-refractivity contribution in [2.45, 2.75) is 231 Å². The van der Waals surface area contributed by atoms with E-state index in [4.69, 9.17) is 58.5 Å². The first-order valence-corrected chi connectivity index (χ1v) is 46.6. The molecule has 6 aromatic rings. The molecule has 6 amide bonds. The molecule has 3 saturated heterocycles. The maximum Gasteiger partial charge on any atom is 0.312 e. The zero-order valence-corrected chi connectivity index (χ0v) is 78.0. The number of hydrogen-bond donors (Lipinski definition) is 2. The predicted molar refractivity (Wildman–Crippen MR) is 462 cm³/mol. The first kappa shape index (κ1) is 97.1. The molecule has 31 nitrogen and oxygen atoms in total. The summed E-state index contributed by atoms with van der Waals surface area (Å²) in [6, 6.07) is 7.56. The fourth-order valence-electron chi connectivity index (χ4n) is 22.2. The molecular formula is C92H110Cl3F8N15O16. The quantitative estimate of drug-likeness (QED) is 0.0420. The molecular weight excluding hydrogens is 1830 g/mol. The Hall–Kier alpha value is -10.0. The maximum atomic E-state index is 14.9. The second kappa shape index (κ2) is 37.8. The summed E-state index contributed by atoms with van der Waals surface area (Å²) in [7, 11) is 6.66. The van der Waals surface area contributed by atoms with Crippen LogP contribution < -0.4 is 14.2 Å². The Balaban J connectivity index is 0.000000146. The molecule has 42 heteroatoms. The van der Waals surface area contributed by atoms with Gasteiger partial charge in [0.05, 0.1) is 72.4 Å². The molecule has 6 saturated carbocycles. The van der Waals surface area contributed by atoms with E-state index < -0.39 is 120 Å². The minimum absolute atomic E-state index is 0.00476. The van der Waals surface area contributed by atoms with Crippen LogP contribution in [0.1, 0.15) is 241 Å². The largest absolute Gasteiger partial charge is 0.487 e. The van der Waals surface area contributed by atoms with E-state index in [-0.39, 0.29) is 190 Å². The van der Waals surface area contributed by atoms with Crippen LogP contribution in [0.5, 0.6) is 17.2 Å². The van der Waals surface area contributed by atoms with Gasteiger partial charge in [0, 0.05) is 131 Å². The Morgan fingerprint density at radius 1 is 0.448 bits per heavy atom. The molecule has 3 spiro atoms. The number of aromatic nitrogens is 9. The standard InChI is InChI=1S/C31H37ClF3N5O5.C31H38ClF2N5O6.C30H35ClF3N5O5/c1-30(29(43)44-3)8-6-17(33)12-19(30)28(42)40-11-7-18-20(32)4-5-23(45-15-21-26(27(34)35)38(2)37-36-21)25(18)22(40)14-39-16-31(9-10-31)13-24(39)41;1-30(29(43)44-3)8-6-17(40)12-19(30)28(42)39-11-7-18-20(32)4-5-23(45-15-21-26(27(33)34)37(2)36-35-21)25(18)22(39)14-38-16-31(9-10-31)13-24(38)41;1-29(28(42)43)7-5-16(32)11-18(29)27(41)39-10-6-17-19(31)3-4-22(44-14-20-25(26(33)34)37(2)36-35-20)24(17)21(39)13-38-15-30(8-9-30)12-23(38)40/h4-5,17,19,22,27H,6-16H2,1-3H3;4-5,17,19,22,27,40H,6-16H2,1-3H3;3-4,16,18,21,26H,5-15H2,1-2H3,(H,42,43)/t17-,19-,22+,30-;17-,19+,22-,30+;16-,18-,21+,29-/m010/s1. The van der Waals surface area contributed by atoms with Crippen LogP contribution in [0.25, 0.3) is 0 Å². The molecule has 2 N–H and O–H groups in total. The lowest BCUT2D eigenvalue weighted by Crippen LogP contribution is -2.54. The van der Waals surface area contributed by atoms with Gasteiger partial charge in [0.25, 0.3) is 19.3 Å². The number of esters is 2. The third-order valence-electron chi connectivity index (χ3n) is 30.8. The van der Waals surface area contributed by atoms with Gasteiger partial charge in [-0.2, -0.15) is 0 Å². The molecule has 0 unspecified atom stereocenters. The van der Waals surface area contributed by atoms with Crippen molar-refractivity contribution in [1.29, 1.82) is 0 Å². The number of carbonyl (C=O) groups is 9. The lowest BCUT2D eigenvalue weighted by Gasteiger charge is -2.46. The van der Waals surface area contributed by atoms with Gasteiger partial charge >= 0.3 is 17.9 Å². The van der Waals surface area contributed by atoms with E-state index in [1.165, 1.54) is 42.3 Å². The minimum atomic E-state index is -2.83. The number of amides is 6. The number of aliphatic hydroxyl groups is 1. The van der Waals surface area contributed by atoms with Gasteiger partial charge in [-0.25, -0.2) is 49.2 Å². The molecule has 9 fully saturated rings. The smallest absolute Gasteiger partial charge is 0.312 e. The van der Waals surface area contributed by atoms with Crippen LogP contribution in [-0.2, 0) is 113 Å². The Kier molecular flexibility index (Phi) is 27.4. The zero-order valence-electron chi connectivity index (χ0n) is 75.7. The number of aliphatic hydroxyl groups excluding tert-OH is 1. The van der Waals surface area contributed by atoms with E-state index in [1.54, 1.807) is 79.6 Å². The van der Waals surface area contributed by atoms with Crippen LogP contribution in [0.3, 0.4) is 0 Å². The van der Waals surface area contributed by atoms with Gasteiger partial charge in [-0.05, 0) is 206 Å².